The number of aliphatic carboxylic acids is 1. The van der Waals surface area contributed by atoms with Crippen LogP contribution in [0.4, 0.5) is 4.79 Å². The van der Waals surface area contributed by atoms with Crippen LogP contribution in [0.25, 0.3) is 0 Å². The Balaban J connectivity index is 2.65. The van der Waals surface area contributed by atoms with Crippen molar-refractivity contribution in [2.24, 2.45) is 0 Å². The molecule has 2 N–H and O–H groups in total. The maximum Gasteiger partial charge on any atom is 0.410 e. The van der Waals surface area contributed by atoms with Crippen LogP contribution in [0.3, 0.4) is 0 Å². The van der Waals surface area contributed by atoms with Crippen LogP contribution in [0, 0.1) is 0 Å². The first-order valence-corrected chi connectivity index (χ1v) is 8.28. The Labute approximate surface area is 151 Å². The molecule has 0 fully saturated rings. The van der Waals surface area contributed by atoms with Gasteiger partial charge in [-0.3, -0.25) is 9.59 Å². The lowest BCUT2D eigenvalue weighted by Gasteiger charge is -2.19. The van der Waals surface area contributed by atoms with Crippen molar-refractivity contribution in [3.63, 3.8) is 0 Å². The topological polar surface area (TPSA) is 102 Å². The van der Waals surface area contributed by atoms with E-state index in [4.69, 9.17) is 26.2 Å². The van der Waals surface area contributed by atoms with Gasteiger partial charge in [0.2, 0.25) is 6.29 Å². The molecule has 1 aromatic rings. The van der Waals surface area contributed by atoms with E-state index < -0.39 is 30.2 Å². The van der Waals surface area contributed by atoms with Crippen molar-refractivity contribution in [2.75, 3.05) is 6.54 Å². The van der Waals surface area contributed by atoms with E-state index in [0.717, 1.165) is 5.56 Å². The molecule has 0 spiro atoms. The van der Waals surface area contributed by atoms with E-state index in [1.807, 2.05) is 6.92 Å². The van der Waals surface area contributed by atoms with Crippen LogP contribution >= 0.6 is 11.6 Å². The highest BCUT2D eigenvalue weighted by Gasteiger charge is 2.20. The molecule has 2 atom stereocenters. The monoisotopic (exact) mass is 371 g/mol. The molecule has 0 saturated heterocycles. The van der Waals surface area contributed by atoms with Crippen LogP contribution in [-0.2, 0) is 19.1 Å². The molecule has 8 heteroatoms. The molecule has 0 saturated carbocycles. The smallest absolute Gasteiger partial charge is 0.410 e. The van der Waals surface area contributed by atoms with Crippen molar-refractivity contribution >= 4 is 29.6 Å². The maximum atomic E-state index is 11.9. The number of rotatable bonds is 9. The molecule has 1 amide bonds. The number of carboxylic acid groups (broad SMARTS) is 1. The molecule has 0 aliphatic rings. The van der Waals surface area contributed by atoms with Crippen LogP contribution in [0.2, 0.25) is 5.02 Å². The van der Waals surface area contributed by atoms with Gasteiger partial charge in [0.15, 0.2) is 0 Å². The van der Waals surface area contributed by atoms with E-state index >= 15 is 0 Å². The molecule has 0 bridgehead atoms. The fourth-order valence-electron chi connectivity index (χ4n) is 2.18. The Morgan fingerprint density at radius 2 is 1.84 bits per heavy atom. The van der Waals surface area contributed by atoms with Crippen LogP contribution < -0.4 is 5.32 Å². The van der Waals surface area contributed by atoms with Gasteiger partial charge in [0.25, 0.3) is 0 Å². The maximum absolute atomic E-state index is 11.9. The summed E-state index contributed by atoms with van der Waals surface area (Å²) >= 11 is 5.83. The third kappa shape index (κ3) is 8.39. The number of carbonyl (C=O) groups excluding carboxylic acids is 2. The second-order valence-corrected chi connectivity index (χ2v) is 5.90. The lowest BCUT2D eigenvalue weighted by Crippen LogP contribution is -2.34. The average molecular weight is 372 g/mol. The predicted molar refractivity (Wildman–Crippen MR) is 91.4 cm³/mol. The molecule has 0 radical (unpaired) electrons. The lowest BCUT2D eigenvalue weighted by molar-refractivity contribution is -0.166. The van der Waals surface area contributed by atoms with Crippen molar-refractivity contribution < 1.29 is 29.0 Å². The van der Waals surface area contributed by atoms with E-state index in [1.165, 1.54) is 6.92 Å². The fraction of sp³-hybridized carbons (Fsp3) is 0.471. The summed E-state index contributed by atoms with van der Waals surface area (Å²) in [7, 11) is 0. The van der Waals surface area contributed by atoms with Crippen molar-refractivity contribution in [1.82, 2.24) is 5.32 Å². The molecule has 1 aromatic carbocycles. The molecule has 0 heterocycles. The first kappa shape index (κ1) is 20.8. The molecular weight excluding hydrogens is 350 g/mol. The third-order valence-corrected chi connectivity index (χ3v) is 3.57. The summed E-state index contributed by atoms with van der Waals surface area (Å²) in [4.78, 5) is 33.9. The van der Waals surface area contributed by atoms with Gasteiger partial charge in [-0.15, -0.1) is 0 Å². The molecule has 0 aliphatic carbocycles. The van der Waals surface area contributed by atoms with Crippen molar-refractivity contribution in [2.45, 2.75) is 45.3 Å². The zero-order valence-corrected chi connectivity index (χ0v) is 14.9. The van der Waals surface area contributed by atoms with Crippen LogP contribution in [0.5, 0.6) is 0 Å². The number of nitrogens with one attached hydrogen (secondary N) is 1. The normalized spacial score (nSPS) is 12.8. The second-order valence-electron chi connectivity index (χ2n) is 5.46. The molecule has 25 heavy (non-hydrogen) atoms. The zero-order chi connectivity index (χ0) is 18.8. The number of benzene rings is 1. The molecule has 7 nitrogen and oxygen atoms in total. The van der Waals surface area contributed by atoms with Crippen LogP contribution in [-0.4, -0.2) is 36.0 Å². The number of carbonyl (C=O) groups is 3. The van der Waals surface area contributed by atoms with Crippen molar-refractivity contribution in [3.8, 4) is 0 Å². The summed E-state index contributed by atoms with van der Waals surface area (Å²) in [5, 5.41) is 12.1. The first-order valence-electron chi connectivity index (χ1n) is 7.90. The number of hydrogen-bond acceptors (Lipinski definition) is 5. The number of amides is 1. The molecule has 138 valence electrons. The summed E-state index contributed by atoms with van der Waals surface area (Å²) in [6, 6.07) is 6.73. The highest BCUT2D eigenvalue weighted by atomic mass is 35.5. The molecule has 0 aromatic heterocycles. The minimum atomic E-state index is -0.987. The van der Waals surface area contributed by atoms with E-state index in [0.29, 0.717) is 17.9 Å². The Bertz CT molecular complexity index is 589. The predicted octanol–water partition coefficient (Wildman–Crippen LogP) is 3.31. The van der Waals surface area contributed by atoms with Gasteiger partial charge >= 0.3 is 18.0 Å². The van der Waals surface area contributed by atoms with Gasteiger partial charge in [0.05, 0.1) is 6.42 Å². The Kier molecular flexibility index (Phi) is 8.77. The number of hydrogen-bond donors (Lipinski definition) is 2. The number of esters is 1. The highest BCUT2D eigenvalue weighted by molar-refractivity contribution is 6.30. The van der Waals surface area contributed by atoms with Gasteiger partial charge < -0.3 is 19.9 Å². The Morgan fingerprint density at radius 1 is 1.20 bits per heavy atom. The molecular formula is C17H22ClNO6. The standard InChI is InChI=1S/C17H22ClNO6/c1-3-4-16(24-11(2)20)25-17(23)19-10-13(9-15(21)22)12-5-7-14(18)8-6-12/h5-8,13,16H,3-4,9-10H2,1-2H3,(H,19,23)(H,21,22)/t13-,16?/m0/s1. The summed E-state index contributed by atoms with van der Waals surface area (Å²) < 4.78 is 9.95. The highest BCUT2D eigenvalue weighted by Crippen LogP contribution is 2.21. The number of carboxylic acids is 1. The molecule has 1 rings (SSSR count). The summed E-state index contributed by atoms with van der Waals surface area (Å²) in [6.45, 7) is 3.15. The van der Waals surface area contributed by atoms with Crippen molar-refractivity contribution in [1.29, 1.82) is 0 Å². The number of ether oxygens (including phenoxy) is 2. The van der Waals surface area contributed by atoms with E-state index in [2.05, 4.69) is 5.32 Å². The van der Waals surface area contributed by atoms with Gasteiger partial charge in [-0.2, -0.15) is 0 Å². The van der Waals surface area contributed by atoms with Gasteiger partial charge in [-0.1, -0.05) is 30.7 Å². The van der Waals surface area contributed by atoms with Gasteiger partial charge in [0.1, 0.15) is 0 Å². The second kappa shape index (κ2) is 10.6. The fourth-order valence-corrected chi connectivity index (χ4v) is 2.31. The Hall–Kier alpha value is -2.28. The number of alkyl carbamates (subject to hydrolysis) is 1. The lowest BCUT2D eigenvalue weighted by atomic mass is 9.96. The van der Waals surface area contributed by atoms with E-state index in [1.54, 1.807) is 24.3 Å². The largest absolute Gasteiger partial charge is 0.481 e. The minimum absolute atomic E-state index is 0.0612. The molecule has 1 unspecified atom stereocenters. The molecule has 0 aliphatic heterocycles. The van der Waals surface area contributed by atoms with Crippen LogP contribution in [0.1, 0.15) is 44.6 Å². The van der Waals surface area contributed by atoms with Gasteiger partial charge in [0, 0.05) is 30.8 Å². The van der Waals surface area contributed by atoms with Gasteiger partial charge in [-0.05, 0) is 24.1 Å². The van der Waals surface area contributed by atoms with Crippen molar-refractivity contribution in [3.05, 3.63) is 34.9 Å². The van der Waals surface area contributed by atoms with E-state index in [9.17, 15) is 14.4 Å². The summed E-state index contributed by atoms with van der Waals surface area (Å²) in [5.74, 6) is -1.98. The minimum Gasteiger partial charge on any atom is -0.481 e. The van der Waals surface area contributed by atoms with Gasteiger partial charge in [-0.25, -0.2) is 4.79 Å². The van der Waals surface area contributed by atoms with E-state index in [-0.39, 0.29) is 13.0 Å². The Morgan fingerprint density at radius 3 is 2.36 bits per heavy atom. The summed E-state index contributed by atoms with van der Waals surface area (Å²) in [5.41, 5.74) is 0.734. The SMILES string of the molecule is CCCC(OC(C)=O)OC(=O)NC[C@H](CC(=O)O)c1ccc(Cl)cc1. The number of halogens is 1. The quantitative estimate of drug-likeness (QED) is 0.510. The zero-order valence-electron chi connectivity index (χ0n) is 14.2. The average Bonchev–Trinajstić information content (AvgIpc) is 2.51. The third-order valence-electron chi connectivity index (χ3n) is 3.32. The van der Waals surface area contributed by atoms with Crippen LogP contribution in [0.15, 0.2) is 24.3 Å². The first-order chi connectivity index (χ1) is 11.8. The summed E-state index contributed by atoms with van der Waals surface area (Å²) in [6.07, 6.45) is -0.857.